The zero-order valence-electron chi connectivity index (χ0n) is 12.5. The molecule has 0 aliphatic heterocycles. The van der Waals surface area contributed by atoms with Crippen molar-refractivity contribution in [3.05, 3.63) is 54.7 Å². The lowest BCUT2D eigenvalue weighted by molar-refractivity contribution is 0.785. The summed E-state index contributed by atoms with van der Waals surface area (Å²) in [6, 6.07) is 10.2. The highest BCUT2D eigenvalue weighted by molar-refractivity contribution is 5.87. The highest BCUT2D eigenvalue weighted by Crippen LogP contribution is 2.21. The molecule has 0 unspecified atom stereocenters. The first-order valence-electron chi connectivity index (χ1n) is 7.10. The molecule has 0 saturated carbocycles. The van der Waals surface area contributed by atoms with Crippen LogP contribution in [0, 0.1) is 0 Å². The molecule has 3 rings (SSSR count). The van der Waals surface area contributed by atoms with Crippen LogP contribution in [0.4, 0.5) is 11.8 Å². The van der Waals surface area contributed by atoms with Crippen LogP contribution in [0.3, 0.4) is 0 Å². The standard InChI is InChI=1S/C16H18N6/c1-3-9-17-16-20-14(13-11-19-22(2)15(13)21-16)18-10-12-7-5-4-6-8-12/h3-8,11H,1,9-10H2,2H3,(H2,17,18,20,21). The number of anilines is 2. The van der Waals surface area contributed by atoms with Crippen LogP contribution in [-0.2, 0) is 13.6 Å². The van der Waals surface area contributed by atoms with Gasteiger partial charge in [-0.3, -0.25) is 4.68 Å². The van der Waals surface area contributed by atoms with Crippen molar-refractivity contribution in [3.63, 3.8) is 0 Å². The Hall–Kier alpha value is -2.89. The predicted molar refractivity (Wildman–Crippen MR) is 88.8 cm³/mol. The van der Waals surface area contributed by atoms with Gasteiger partial charge in [0.25, 0.3) is 0 Å². The summed E-state index contributed by atoms with van der Waals surface area (Å²) in [6.07, 6.45) is 3.55. The molecule has 0 aliphatic rings. The maximum Gasteiger partial charge on any atom is 0.226 e. The van der Waals surface area contributed by atoms with Crippen LogP contribution in [0.15, 0.2) is 49.2 Å². The quantitative estimate of drug-likeness (QED) is 0.684. The Kier molecular flexibility index (Phi) is 4.00. The molecule has 2 heterocycles. The summed E-state index contributed by atoms with van der Waals surface area (Å²) in [5.41, 5.74) is 1.98. The topological polar surface area (TPSA) is 67.7 Å². The van der Waals surface area contributed by atoms with E-state index < -0.39 is 0 Å². The van der Waals surface area contributed by atoms with Crippen LogP contribution in [0.5, 0.6) is 0 Å². The van der Waals surface area contributed by atoms with Crippen molar-refractivity contribution in [1.82, 2.24) is 19.7 Å². The Bertz CT molecular complexity index is 778. The molecule has 0 fully saturated rings. The monoisotopic (exact) mass is 294 g/mol. The first-order chi connectivity index (χ1) is 10.8. The van der Waals surface area contributed by atoms with Gasteiger partial charge in [-0.15, -0.1) is 6.58 Å². The van der Waals surface area contributed by atoms with E-state index in [4.69, 9.17) is 0 Å². The van der Waals surface area contributed by atoms with Crippen LogP contribution in [-0.4, -0.2) is 26.3 Å². The van der Waals surface area contributed by atoms with Crippen molar-refractivity contribution in [2.24, 2.45) is 7.05 Å². The van der Waals surface area contributed by atoms with Crippen LogP contribution in [0.25, 0.3) is 11.0 Å². The molecule has 22 heavy (non-hydrogen) atoms. The minimum Gasteiger partial charge on any atom is -0.365 e. The highest BCUT2D eigenvalue weighted by Gasteiger charge is 2.11. The van der Waals surface area contributed by atoms with Gasteiger partial charge in [-0.05, 0) is 5.56 Å². The van der Waals surface area contributed by atoms with Crippen molar-refractivity contribution in [2.45, 2.75) is 6.54 Å². The largest absolute Gasteiger partial charge is 0.365 e. The molecule has 0 bridgehead atoms. The molecule has 3 aromatic rings. The van der Waals surface area contributed by atoms with E-state index >= 15 is 0 Å². The molecule has 6 nitrogen and oxygen atoms in total. The molecule has 0 aliphatic carbocycles. The number of benzene rings is 1. The molecular weight excluding hydrogens is 276 g/mol. The molecule has 0 amide bonds. The van der Waals surface area contributed by atoms with Crippen LogP contribution >= 0.6 is 0 Å². The van der Waals surface area contributed by atoms with Gasteiger partial charge in [0.05, 0.1) is 11.6 Å². The van der Waals surface area contributed by atoms with Crippen molar-refractivity contribution in [3.8, 4) is 0 Å². The van der Waals surface area contributed by atoms with Gasteiger partial charge in [0.15, 0.2) is 5.65 Å². The van der Waals surface area contributed by atoms with E-state index in [1.165, 1.54) is 5.56 Å². The molecule has 112 valence electrons. The fourth-order valence-corrected chi connectivity index (χ4v) is 2.18. The number of hydrogen-bond donors (Lipinski definition) is 2. The number of fused-ring (bicyclic) bond motifs is 1. The molecule has 6 heteroatoms. The third-order valence-electron chi connectivity index (χ3n) is 3.30. The third kappa shape index (κ3) is 2.90. The Balaban J connectivity index is 1.90. The summed E-state index contributed by atoms with van der Waals surface area (Å²) in [6.45, 7) is 5.00. The van der Waals surface area contributed by atoms with E-state index in [1.807, 2.05) is 25.2 Å². The second-order valence-corrected chi connectivity index (χ2v) is 4.91. The molecule has 1 aromatic carbocycles. The van der Waals surface area contributed by atoms with Crippen molar-refractivity contribution >= 4 is 22.8 Å². The van der Waals surface area contributed by atoms with E-state index in [0.29, 0.717) is 19.0 Å². The lowest BCUT2D eigenvalue weighted by atomic mass is 10.2. The van der Waals surface area contributed by atoms with Crippen molar-refractivity contribution in [1.29, 1.82) is 0 Å². The fraction of sp³-hybridized carbons (Fsp3) is 0.188. The summed E-state index contributed by atoms with van der Waals surface area (Å²) < 4.78 is 1.74. The van der Waals surface area contributed by atoms with Crippen molar-refractivity contribution < 1.29 is 0 Å². The number of hydrogen-bond acceptors (Lipinski definition) is 5. The summed E-state index contributed by atoms with van der Waals surface area (Å²) in [5.74, 6) is 1.33. The molecule has 2 aromatic heterocycles. The Morgan fingerprint density at radius 3 is 2.77 bits per heavy atom. The maximum atomic E-state index is 4.53. The van der Waals surface area contributed by atoms with E-state index in [2.05, 4.69) is 44.4 Å². The number of aryl methyl sites for hydroxylation is 1. The van der Waals surface area contributed by atoms with Gasteiger partial charge in [-0.2, -0.15) is 15.1 Å². The van der Waals surface area contributed by atoms with Gasteiger partial charge in [0.1, 0.15) is 5.82 Å². The molecule has 0 saturated heterocycles. The minimum absolute atomic E-state index is 0.562. The predicted octanol–water partition coefficient (Wildman–Crippen LogP) is 2.57. The SMILES string of the molecule is C=CCNc1nc(NCc2ccccc2)c2cnn(C)c2n1. The lowest BCUT2D eigenvalue weighted by Crippen LogP contribution is -2.08. The van der Waals surface area contributed by atoms with Crippen LogP contribution in [0.1, 0.15) is 5.56 Å². The average molecular weight is 294 g/mol. The average Bonchev–Trinajstić information content (AvgIpc) is 2.93. The van der Waals surface area contributed by atoms with Gasteiger partial charge in [0, 0.05) is 20.1 Å². The number of aromatic nitrogens is 4. The van der Waals surface area contributed by atoms with Crippen LogP contribution in [0.2, 0.25) is 0 Å². The van der Waals surface area contributed by atoms with E-state index in [0.717, 1.165) is 16.9 Å². The van der Waals surface area contributed by atoms with E-state index in [1.54, 1.807) is 17.0 Å². The van der Waals surface area contributed by atoms with Crippen molar-refractivity contribution in [2.75, 3.05) is 17.2 Å². The highest BCUT2D eigenvalue weighted by atomic mass is 15.3. The molecule has 2 N–H and O–H groups in total. The Labute approximate surface area is 128 Å². The molecule has 0 atom stereocenters. The smallest absolute Gasteiger partial charge is 0.226 e. The molecular formula is C16H18N6. The third-order valence-corrected chi connectivity index (χ3v) is 3.30. The zero-order chi connectivity index (χ0) is 15.4. The maximum absolute atomic E-state index is 4.53. The second-order valence-electron chi connectivity index (χ2n) is 4.91. The van der Waals surface area contributed by atoms with Gasteiger partial charge < -0.3 is 10.6 Å². The van der Waals surface area contributed by atoms with E-state index in [9.17, 15) is 0 Å². The number of rotatable bonds is 6. The molecule has 0 spiro atoms. The van der Waals surface area contributed by atoms with Gasteiger partial charge >= 0.3 is 0 Å². The van der Waals surface area contributed by atoms with Crippen LogP contribution < -0.4 is 10.6 Å². The second kappa shape index (κ2) is 6.26. The Morgan fingerprint density at radius 1 is 1.18 bits per heavy atom. The summed E-state index contributed by atoms with van der Waals surface area (Å²) in [7, 11) is 1.87. The lowest BCUT2D eigenvalue weighted by Gasteiger charge is -2.09. The number of nitrogens with zero attached hydrogens (tertiary/aromatic N) is 4. The number of nitrogens with one attached hydrogen (secondary N) is 2. The molecule has 0 radical (unpaired) electrons. The summed E-state index contributed by atoms with van der Waals surface area (Å²) in [5, 5.41) is 11.6. The first kappa shape index (κ1) is 14.1. The Morgan fingerprint density at radius 2 is 2.00 bits per heavy atom. The fourth-order valence-electron chi connectivity index (χ4n) is 2.18. The van der Waals surface area contributed by atoms with Gasteiger partial charge in [-0.25, -0.2) is 0 Å². The minimum atomic E-state index is 0.562. The first-order valence-corrected chi connectivity index (χ1v) is 7.10. The normalized spacial score (nSPS) is 10.6. The summed E-state index contributed by atoms with van der Waals surface area (Å²) in [4.78, 5) is 9.01. The van der Waals surface area contributed by atoms with Gasteiger partial charge in [0.2, 0.25) is 5.95 Å². The summed E-state index contributed by atoms with van der Waals surface area (Å²) >= 11 is 0. The van der Waals surface area contributed by atoms with E-state index in [-0.39, 0.29) is 0 Å². The zero-order valence-corrected chi connectivity index (χ0v) is 12.5. The van der Waals surface area contributed by atoms with Gasteiger partial charge in [-0.1, -0.05) is 36.4 Å².